The van der Waals surface area contributed by atoms with Crippen LogP contribution < -0.4 is 0 Å². The van der Waals surface area contributed by atoms with Gasteiger partial charge in [-0.05, 0) is 34.7 Å². The van der Waals surface area contributed by atoms with Crippen molar-refractivity contribution in [3.8, 4) is 0 Å². The van der Waals surface area contributed by atoms with E-state index in [-0.39, 0.29) is 39.6 Å². The van der Waals surface area contributed by atoms with E-state index >= 15 is 0 Å². The van der Waals surface area contributed by atoms with Gasteiger partial charge in [-0.25, -0.2) is 4.79 Å². The Morgan fingerprint density at radius 1 is 0.400 bits per heavy atom. The van der Waals surface area contributed by atoms with Gasteiger partial charge in [0.05, 0.1) is 52.9 Å². The van der Waals surface area contributed by atoms with Crippen molar-refractivity contribution in [3.05, 3.63) is 179 Å². The van der Waals surface area contributed by atoms with Crippen LogP contribution in [0.2, 0.25) is 0 Å². The second kappa shape index (κ2) is 29.8. The first-order chi connectivity index (χ1) is 38.9. The zero-order valence-corrected chi connectivity index (χ0v) is 45.6. The average molecular weight is 1110 g/mol. The molecule has 80 heavy (non-hydrogen) atoms. The van der Waals surface area contributed by atoms with E-state index in [1.807, 2.05) is 152 Å². The highest BCUT2D eigenvalue weighted by Gasteiger charge is 2.59. The maximum absolute atomic E-state index is 13.7. The molecule has 0 unspecified atom stereocenters. The fourth-order valence-electron chi connectivity index (χ4n) is 9.80. The van der Waals surface area contributed by atoms with Crippen molar-refractivity contribution >= 4 is 23.9 Å². The summed E-state index contributed by atoms with van der Waals surface area (Å²) in [6.07, 6.45) is -19.5. The van der Waals surface area contributed by atoms with Gasteiger partial charge in [0, 0.05) is 27.9 Å². The zero-order valence-electron chi connectivity index (χ0n) is 45.6. The van der Waals surface area contributed by atoms with Crippen LogP contribution in [0.5, 0.6) is 0 Å². The molecule has 19 heteroatoms. The van der Waals surface area contributed by atoms with Gasteiger partial charge < -0.3 is 71.1 Å². The minimum atomic E-state index is -1.80. The van der Waals surface area contributed by atoms with Crippen LogP contribution in [-0.2, 0) is 123 Å². The molecule has 0 spiro atoms. The second-order valence-corrected chi connectivity index (χ2v) is 19.4. The Bertz CT molecular complexity index is 2670. The normalized spacial score (nSPS) is 28.5. The number of methoxy groups -OCH3 is 2. The molecule has 0 bridgehead atoms. The molecule has 15 atom stereocenters. The summed E-state index contributed by atoms with van der Waals surface area (Å²) >= 11 is 0. The molecule has 3 aliphatic rings. The molecule has 0 saturated carbocycles. The monoisotopic (exact) mass is 1110 g/mol. The summed E-state index contributed by atoms with van der Waals surface area (Å²) in [6, 6.07) is 48.1. The number of carbonyl (C=O) groups excluding carboxylic acids is 4. The first-order valence-electron chi connectivity index (χ1n) is 26.5. The minimum Gasteiger partial charge on any atom is -0.467 e. The van der Waals surface area contributed by atoms with Gasteiger partial charge in [-0.15, -0.1) is 0 Å². The van der Waals surface area contributed by atoms with E-state index in [2.05, 4.69) is 0 Å². The SMILES string of the molecule is COC(=O)[C@@H]1O[C@H](O[C@@H]2[C@@H](OCc3ccccc3)[C@@H](OC)O[C@H](C)[C@H]2O[C@H]2O[C@@H](COCc3ccccc3)[C@H](OCc3ccccc3)[C@H](OCc3ccccc3)[C@@H]2OCc2ccccc2)[C@@H](OC(C)=O)[C@@H](OC(C)=O)[C@H]1OC(C)=O. The summed E-state index contributed by atoms with van der Waals surface area (Å²) in [5.41, 5.74) is 4.34. The van der Waals surface area contributed by atoms with E-state index in [4.69, 9.17) is 71.1 Å². The third kappa shape index (κ3) is 16.4. The summed E-state index contributed by atoms with van der Waals surface area (Å²) < 4.78 is 96.7. The lowest BCUT2D eigenvalue weighted by atomic mass is 9.95. The number of hydrogen-bond acceptors (Lipinski definition) is 19. The Balaban J connectivity index is 1.23. The predicted octanol–water partition coefficient (Wildman–Crippen LogP) is 7.12. The Labute approximate surface area is 465 Å². The molecule has 3 aliphatic heterocycles. The predicted molar refractivity (Wildman–Crippen MR) is 283 cm³/mol. The molecular weight excluding hydrogens is 1040 g/mol. The quantitative estimate of drug-likeness (QED) is 0.0421. The number of carbonyl (C=O) groups is 4. The van der Waals surface area contributed by atoms with Gasteiger partial charge in [0.25, 0.3) is 0 Å². The van der Waals surface area contributed by atoms with E-state index in [0.29, 0.717) is 0 Å². The first-order valence-corrected chi connectivity index (χ1v) is 26.5. The van der Waals surface area contributed by atoms with Gasteiger partial charge in [0.15, 0.2) is 43.3 Å². The van der Waals surface area contributed by atoms with Gasteiger partial charge in [-0.3, -0.25) is 14.4 Å². The lowest BCUT2D eigenvalue weighted by molar-refractivity contribution is -0.390. The average Bonchev–Trinajstić information content (AvgIpc) is 3.58. The minimum absolute atomic E-state index is 0.00334. The fraction of sp³-hybridized carbons (Fsp3) is 0.443. The molecule has 0 N–H and O–H groups in total. The van der Waals surface area contributed by atoms with Crippen LogP contribution in [0.25, 0.3) is 0 Å². The van der Waals surface area contributed by atoms with E-state index in [1.54, 1.807) is 6.92 Å². The van der Waals surface area contributed by atoms with E-state index in [1.165, 1.54) is 7.11 Å². The van der Waals surface area contributed by atoms with Crippen molar-refractivity contribution in [2.45, 2.75) is 153 Å². The molecule has 3 heterocycles. The van der Waals surface area contributed by atoms with Gasteiger partial charge in [-0.1, -0.05) is 152 Å². The number of rotatable bonds is 25. The zero-order chi connectivity index (χ0) is 56.4. The first kappa shape index (κ1) is 59.7. The molecule has 8 rings (SSSR count). The molecule has 0 amide bonds. The molecule has 428 valence electrons. The lowest BCUT2D eigenvalue weighted by Gasteiger charge is -2.51. The molecule has 0 aromatic heterocycles. The highest BCUT2D eigenvalue weighted by Crippen LogP contribution is 2.39. The highest BCUT2D eigenvalue weighted by atomic mass is 16.8. The van der Waals surface area contributed by atoms with E-state index < -0.39 is 116 Å². The Morgan fingerprint density at radius 2 is 0.787 bits per heavy atom. The van der Waals surface area contributed by atoms with Crippen LogP contribution in [0.4, 0.5) is 0 Å². The topological polar surface area (TPSA) is 207 Å². The van der Waals surface area contributed by atoms with Gasteiger partial charge in [0.1, 0.15) is 42.7 Å². The molecule has 3 fully saturated rings. The van der Waals surface area contributed by atoms with Gasteiger partial charge in [0.2, 0.25) is 0 Å². The van der Waals surface area contributed by atoms with Crippen molar-refractivity contribution in [2.24, 2.45) is 0 Å². The highest BCUT2D eigenvalue weighted by molar-refractivity contribution is 5.77. The second-order valence-electron chi connectivity index (χ2n) is 19.4. The van der Waals surface area contributed by atoms with Crippen LogP contribution in [0.3, 0.4) is 0 Å². The molecule has 0 radical (unpaired) electrons. The lowest BCUT2D eigenvalue weighted by Crippen LogP contribution is -2.68. The van der Waals surface area contributed by atoms with Crippen molar-refractivity contribution in [1.82, 2.24) is 0 Å². The Hall–Kier alpha value is -6.46. The van der Waals surface area contributed by atoms with Crippen molar-refractivity contribution in [3.63, 3.8) is 0 Å². The Kier molecular flexibility index (Phi) is 22.3. The van der Waals surface area contributed by atoms with Crippen molar-refractivity contribution < 1.29 is 90.2 Å². The van der Waals surface area contributed by atoms with E-state index in [9.17, 15) is 19.2 Å². The molecule has 19 nitrogen and oxygen atoms in total. The summed E-state index contributed by atoms with van der Waals surface area (Å²) in [4.78, 5) is 52.3. The van der Waals surface area contributed by atoms with Crippen LogP contribution in [0.15, 0.2) is 152 Å². The summed E-state index contributed by atoms with van der Waals surface area (Å²) in [5, 5.41) is 0. The maximum atomic E-state index is 13.7. The molecule has 5 aromatic rings. The third-order valence-corrected chi connectivity index (χ3v) is 13.5. The number of esters is 4. The van der Waals surface area contributed by atoms with E-state index in [0.717, 1.165) is 55.7 Å². The summed E-state index contributed by atoms with van der Waals surface area (Å²) in [6.45, 7) is 5.70. The molecule has 5 aromatic carbocycles. The van der Waals surface area contributed by atoms with Crippen LogP contribution >= 0.6 is 0 Å². The van der Waals surface area contributed by atoms with Gasteiger partial charge >= 0.3 is 23.9 Å². The number of hydrogen-bond donors (Lipinski definition) is 0. The third-order valence-electron chi connectivity index (χ3n) is 13.5. The standard InChI is InChI=1S/C61H70O19/c1-38-48(51(56(59(67-6)73-38)72-36-46-30-20-11-21-31-46)79-61-57(76-41(4)64)53(75-40(3)63)52(74-39(2)62)54(80-61)58(65)66-5)78-60-55(71-35-45-28-18-10-19-29-45)50(70-34-44-26-16-9-17-27-44)49(69-33-43-24-14-8-15-25-43)47(77-60)37-68-32-42-22-12-7-13-23-42/h7-31,38,47-57,59-61H,32-37H2,1-6H3/t38-,47+,48-,49+,50+,51+,52-,53+,54-,55+,56-,57+,59+,60-,61+/m1/s1. The van der Waals surface area contributed by atoms with Crippen LogP contribution in [0.1, 0.15) is 55.5 Å². The molecule has 0 aliphatic carbocycles. The number of ether oxygens (including phenoxy) is 15. The van der Waals surface area contributed by atoms with Crippen LogP contribution in [0, 0.1) is 0 Å². The fourth-order valence-corrected chi connectivity index (χ4v) is 9.80. The van der Waals surface area contributed by atoms with Crippen LogP contribution in [-0.4, -0.2) is 137 Å². The largest absolute Gasteiger partial charge is 0.467 e. The van der Waals surface area contributed by atoms with Crippen molar-refractivity contribution in [2.75, 3.05) is 20.8 Å². The molecular formula is C61H70O19. The van der Waals surface area contributed by atoms with Gasteiger partial charge in [-0.2, -0.15) is 0 Å². The number of benzene rings is 5. The molecule has 3 saturated heterocycles. The maximum Gasteiger partial charge on any atom is 0.339 e. The Morgan fingerprint density at radius 3 is 1.24 bits per heavy atom. The summed E-state index contributed by atoms with van der Waals surface area (Å²) in [5.74, 6) is -3.62. The smallest absolute Gasteiger partial charge is 0.339 e. The summed E-state index contributed by atoms with van der Waals surface area (Å²) in [7, 11) is 2.53. The van der Waals surface area contributed by atoms with Crippen molar-refractivity contribution in [1.29, 1.82) is 0 Å².